The summed E-state index contributed by atoms with van der Waals surface area (Å²) < 4.78 is 1.75. The van der Waals surface area contributed by atoms with Crippen molar-refractivity contribution in [2.24, 2.45) is 18.9 Å². The zero-order chi connectivity index (χ0) is 11.5. The number of aryl methyl sites for hydroxylation is 1. The second-order valence-corrected chi connectivity index (χ2v) is 5.22. The lowest BCUT2D eigenvalue weighted by atomic mass is 9.80. The van der Waals surface area contributed by atoms with E-state index in [1.165, 1.54) is 19.3 Å². The molecule has 0 radical (unpaired) electrons. The Hall–Kier alpha value is -0.900. The van der Waals surface area contributed by atoms with Gasteiger partial charge in [-0.15, -0.1) is 0 Å². The number of aromatic nitrogens is 3. The molecule has 1 fully saturated rings. The van der Waals surface area contributed by atoms with E-state index < -0.39 is 0 Å². The van der Waals surface area contributed by atoms with Crippen molar-refractivity contribution >= 4 is 0 Å². The van der Waals surface area contributed by atoms with Crippen LogP contribution in [0.5, 0.6) is 0 Å². The first-order valence-corrected chi connectivity index (χ1v) is 6.23. The monoisotopic (exact) mass is 222 g/mol. The van der Waals surface area contributed by atoms with Crippen LogP contribution in [-0.4, -0.2) is 20.8 Å². The topological polar surface area (TPSA) is 42.7 Å². The molecule has 0 saturated heterocycles. The van der Waals surface area contributed by atoms with Crippen LogP contribution in [0.4, 0.5) is 0 Å². The standard InChI is InChI=1S/C12H22N4/c1-9-4-5-11(10(2)6-9)13-7-12-14-8-16(3)15-12/h8-11,13H,4-7H2,1-3H3. The third kappa shape index (κ3) is 2.82. The maximum Gasteiger partial charge on any atom is 0.164 e. The quantitative estimate of drug-likeness (QED) is 0.847. The van der Waals surface area contributed by atoms with Gasteiger partial charge in [-0.2, -0.15) is 5.10 Å². The summed E-state index contributed by atoms with van der Waals surface area (Å²) >= 11 is 0. The maximum atomic E-state index is 4.28. The van der Waals surface area contributed by atoms with Crippen LogP contribution < -0.4 is 5.32 Å². The molecule has 1 N–H and O–H groups in total. The minimum atomic E-state index is 0.639. The summed E-state index contributed by atoms with van der Waals surface area (Å²) in [5.41, 5.74) is 0. The zero-order valence-electron chi connectivity index (χ0n) is 10.5. The fourth-order valence-corrected chi connectivity index (χ4v) is 2.66. The number of hydrogen-bond acceptors (Lipinski definition) is 3. The first kappa shape index (κ1) is 11.6. The van der Waals surface area contributed by atoms with Crippen molar-refractivity contribution in [1.82, 2.24) is 20.1 Å². The fourth-order valence-electron chi connectivity index (χ4n) is 2.66. The number of nitrogens with one attached hydrogen (secondary N) is 1. The Kier molecular flexibility index (Phi) is 3.59. The zero-order valence-corrected chi connectivity index (χ0v) is 10.5. The highest BCUT2D eigenvalue weighted by Gasteiger charge is 2.24. The Morgan fingerprint density at radius 1 is 1.44 bits per heavy atom. The molecule has 1 heterocycles. The van der Waals surface area contributed by atoms with Gasteiger partial charge in [-0.1, -0.05) is 13.8 Å². The Bertz CT molecular complexity index is 334. The molecule has 3 unspecified atom stereocenters. The van der Waals surface area contributed by atoms with Gasteiger partial charge in [-0.05, 0) is 31.1 Å². The summed E-state index contributed by atoms with van der Waals surface area (Å²) in [5.74, 6) is 2.56. The summed E-state index contributed by atoms with van der Waals surface area (Å²) in [6, 6.07) is 0.639. The maximum absolute atomic E-state index is 4.28. The minimum absolute atomic E-state index is 0.639. The van der Waals surface area contributed by atoms with Crippen LogP contribution in [0.3, 0.4) is 0 Å². The van der Waals surface area contributed by atoms with E-state index in [2.05, 4.69) is 29.2 Å². The molecule has 16 heavy (non-hydrogen) atoms. The van der Waals surface area contributed by atoms with Crippen molar-refractivity contribution in [3.05, 3.63) is 12.2 Å². The van der Waals surface area contributed by atoms with E-state index in [0.717, 1.165) is 24.2 Å². The second kappa shape index (κ2) is 4.95. The van der Waals surface area contributed by atoms with Gasteiger partial charge in [0.15, 0.2) is 5.82 Å². The normalized spacial score (nSPS) is 30.6. The Morgan fingerprint density at radius 2 is 2.25 bits per heavy atom. The molecular formula is C12H22N4. The number of hydrogen-bond donors (Lipinski definition) is 1. The van der Waals surface area contributed by atoms with Crippen molar-refractivity contribution < 1.29 is 0 Å². The van der Waals surface area contributed by atoms with Crippen LogP contribution in [0.1, 0.15) is 38.9 Å². The molecule has 90 valence electrons. The van der Waals surface area contributed by atoms with Crippen LogP contribution >= 0.6 is 0 Å². The highest BCUT2D eigenvalue weighted by atomic mass is 15.3. The molecular weight excluding hydrogens is 200 g/mol. The molecule has 1 aromatic heterocycles. The Labute approximate surface area is 97.5 Å². The van der Waals surface area contributed by atoms with Gasteiger partial charge < -0.3 is 5.32 Å². The molecule has 4 heteroatoms. The lowest BCUT2D eigenvalue weighted by molar-refractivity contribution is 0.226. The van der Waals surface area contributed by atoms with E-state index in [1.807, 2.05) is 7.05 Å². The Morgan fingerprint density at radius 3 is 2.88 bits per heavy atom. The minimum Gasteiger partial charge on any atom is -0.307 e. The molecule has 0 bridgehead atoms. The van der Waals surface area contributed by atoms with Crippen molar-refractivity contribution in [3.8, 4) is 0 Å². The van der Waals surface area contributed by atoms with Crippen molar-refractivity contribution in [2.45, 2.75) is 45.7 Å². The van der Waals surface area contributed by atoms with Crippen LogP contribution in [0.2, 0.25) is 0 Å². The number of nitrogens with zero attached hydrogens (tertiary/aromatic N) is 3. The molecule has 1 aromatic rings. The SMILES string of the molecule is CC1CCC(NCc2ncn(C)n2)C(C)C1. The van der Waals surface area contributed by atoms with Crippen LogP contribution in [0.15, 0.2) is 6.33 Å². The van der Waals surface area contributed by atoms with E-state index in [4.69, 9.17) is 0 Å². The van der Waals surface area contributed by atoms with Crippen molar-refractivity contribution in [2.75, 3.05) is 0 Å². The molecule has 0 aromatic carbocycles. The first-order valence-electron chi connectivity index (χ1n) is 6.23. The third-order valence-electron chi connectivity index (χ3n) is 3.60. The van der Waals surface area contributed by atoms with Gasteiger partial charge in [0.1, 0.15) is 6.33 Å². The van der Waals surface area contributed by atoms with E-state index in [-0.39, 0.29) is 0 Å². The first-order chi connectivity index (χ1) is 7.65. The van der Waals surface area contributed by atoms with E-state index in [9.17, 15) is 0 Å². The van der Waals surface area contributed by atoms with Gasteiger partial charge in [0.25, 0.3) is 0 Å². The summed E-state index contributed by atoms with van der Waals surface area (Å²) in [5, 5.41) is 7.86. The smallest absolute Gasteiger partial charge is 0.164 e. The average Bonchev–Trinajstić information content (AvgIpc) is 2.63. The molecule has 2 rings (SSSR count). The summed E-state index contributed by atoms with van der Waals surface area (Å²) in [7, 11) is 1.90. The van der Waals surface area contributed by atoms with E-state index >= 15 is 0 Å². The molecule has 0 spiro atoms. The molecule has 1 saturated carbocycles. The molecule has 1 aliphatic carbocycles. The van der Waals surface area contributed by atoms with Gasteiger partial charge in [-0.3, -0.25) is 4.68 Å². The highest BCUT2D eigenvalue weighted by Crippen LogP contribution is 2.28. The van der Waals surface area contributed by atoms with Gasteiger partial charge >= 0.3 is 0 Å². The Balaban J connectivity index is 1.81. The van der Waals surface area contributed by atoms with Gasteiger partial charge in [0, 0.05) is 13.1 Å². The average molecular weight is 222 g/mol. The van der Waals surface area contributed by atoms with Gasteiger partial charge in [0.05, 0.1) is 6.54 Å². The molecule has 1 aliphatic rings. The van der Waals surface area contributed by atoms with Crippen molar-refractivity contribution in [3.63, 3.8) is 0 Å². The molecule has 3 atom stereocenters. The summed E-state index contributed by atoms with van der Waals surface area (Å²) in [6.07, 6.45) is 5.73. The summed E-state index contributed by atoms with van der Waals surface area (Å²) in [6.45, 7) is 5.50. The molecule has 0 amide bonds. The van der Waals surface area contributed by atoms with Gasteiger partial charge in [-0.25, -0.2) is 4.98 Å². The molecule has 4 nitrogen and oxygen atoms in total. The highest BCUT2D eigenvalue weighted by molar-refractivity contribution is 4.85. The fraction of sp³-hybridized carbons (Fsp3) is 0.833. The lowest BCUT2D eigenvalue weighted by Crippen LogP contribution is -2.38. The van der Waals surface area contributed by atoms with Crippen LogP contribution in [0, 0.1) is 11.8 Å². The summed E-state index contributed by atoms with van der Waals surface area (Å²) in [4.78, 5) is 4.23. The number of rotatable bonds is 3. The second-order valence-electron chi connectivity index (χ2n) is 5.22. The van der Waals surface area contributed by atoms with Crippen LogP contribution in [-0.2, 0) is 13.6 Å². The lowest BCUT2D eigenvalue weighted by Gasteiger charge is -2.33. The van der Waals surface area contributed by atoms with Crippen molar-refractivity contribution in [1.29, 1.82) is 0 Å². The van der Waals surface area contributed by atoms with Crippen LogP contribution in [0.25, 0.3) is 0 Å². The predicted octanol–water partition coefficient (Wildman–Crippen LogP) is 1.73. The van der Waals surface area contributed by atoms with E-state index in [1.54, 1.807) is 11.0 Å². The van der Waals surface area contributed by atoms with Gasteiger partial charge in [0.2, 0.25) is 0 Å². The largest absolute Gasteiger partial charge is 0.307 e. The third-order valence-corrected chi connectivity index (χ3v) is 3.60. The predicted molar refractivity (Wildman–Crippen MR) is 63.8 cm³/mol. The van der Waals surface area contributed by atoms with E-state index in [0.29, 0.717) is 6.04 Å². The molecule has 0 aliphatic heterocycles.